The van der Waals surface area contributed by atoms with Crippen LogP contribution >= 0.6 is 47.2 Å². The Morgan fingerprint density at radius 3 is 2.58 bits per heavy atom. The number of alkyl halides is 3. The first-order valence-electron chi connectivity index (χ1n) is 7.49. The van der Waals surface area contributed by atoms with Gasteiger partial charge in [-0.15, -0.1) is 0 Å². The van der Waals surface area contributed by atoms with Crippen LogP contribution in [0.4, 0.5) is 18.9 Å². The van der Waals surface area contributed by atoms with E-state index in [1.807, 2.05) is 24.3 Å². The fourth-order valence-corrected chi connectivity index (χ4v) is 3.51. The zero-order chi connectivity index (χ0) is 19.2. The molecule has 0 aliphatic rings. The first kappa shape index (κ1) is 21.2. The SMILES string of the molecule is FC(F)(F)c1cc(NC(=S)NCCSCc2cccc(Cl)c2)ccc1Cl. The molecule has 0 aliphatic carbocycles. The van der Waals surface area contributed by atoms with Crippen LogP contribution in [0.25, 0.3) is 0 Å². The molecule has 2 nitrogen and oxygen atoms in total. The Bertz CT molecular complexity index is 770. The molecule has 2 rings (SSSR count). The molecular formula is C17H15Cl2F3N2S2. The predicted molar refractivity (Wildman–Crippen MR) is 108 cm³/mol. The maximum absolute atomic E-state index is 12.8. The standard InChI is InChI=1S/C17H15Cl2F3N2S2/c18-12-3-1-2-11(8-12)10-26-7-6-23-16(25)24-13-4-5-15(19)14(9-13)17(20,21)22/h1-5,8-9H,6-7,10H2,(H2,23,24,25). The fourth-order valence-electron chi connectivity index (χ4n) is 2.05. The highest BCUT2D eigenvalue weighted by molar-refractivity contribution is 7.98. The average Bonchev–Trinajstić information content (AvgIpc) is 2.55. The molecule has 0 amide bonds. The van der Waals surface area contributed by atoms with E-state index in [-0.39, 0.29) is 15.8 Å². The van der Waals surface area contributed by atoms with E-state index >= 15 is 0 Å². The maximum Gasteiger partial charge on any atom is 0.417 e. The summed E-state index contributed by atoms with van der Waals surface area (Å²) in [5.74, 6) is 1.59. The Morgan fingerprint density at radius 1 is 1.12 bits per heavy atom. The van der Waals surface area contributed by atoms with Crippen LogP contribution in [0.2, 0.25) is 10.0 Å². The van der Waals surface area contributed by atoms with Gasteiger partial charge in [-0.25, -0.2) is 0 Å². The summed E-state index contributed by atoms with van der Waals surface area (Å²) in [6.45, 7) is 0.580. The number of nitrogens with one attached hydrogen (secondary N) is 2. The zero-order valence-corrected chi connectivity index (χ0v) is 16.5. The van der Waals surface area contributed by atoms with Gasteiger partial charge in [-0.2, -0.15) is 24.9 Å². The van der Waals surface area contributed by atoms with Gasteiger partial charge >= 0.3 is 6.18 Å². The Kier molecular flexibility index (Phi) is 7.88. The normalized spacial score (nSPS) is 11.3. The van der Waals surface area contributed by atoms with Gasteiger partial charge in [0.2, 0.25) is 0 Å². The third kappa shape index (κ3) is 6.87. The predicted octanol–water partition coefficient (Wildman–Crippen LogP) is 6.23. The number of thiocarbonyl (C=S) groups is 1. The van der Waals surface area contributed by atoms with Gasteiger partial charge in [-0.3, -0.25) is 0 Å². The lowest BCUT2D eigenvalue weighted by Crippen LogP contribution is -2.30. The molecule has 0 spiro atoms. The van der Waals surface area contributed by atoms with Crippen LogP contribution < -0.4 is 10.6 Å². The van der Waals surface area contributed by atoms with Crippen molar-refractivity contribution in [2.75, 3.05) is 17.6 Å². The van der Waals surface area contributed by atoms with Crippen LogP contribution in [0.3, 0.4) is 0 Å². The molecule has 0 atom stereocenters. The van der Waals surface area contributed by atoms with Gasteiger partial charge in [-0.1, -0.05) is 35.3 Å². The van der Waals surface area contributed by atoms with E-state index in [2.05, 4.69) is 10.6 Å². The number of hydrogen-bond acceptors (Lipinski definition) is 2. The summed E-state index contributed by atoms with van der Waals surface area (Å²) in [5.41, 5.74) is 0.457. The average molecular weight is 439 g/mol. The van der Waals surface area contributed by atoms with E-state index in [1.54, 1.807) is 11.8 Å². The maximum atomic E-state index is 12.8. The quantitative estimate of drug-likeness (QED) is 0.412. The van der Waals surface area contributed by atoms with Gasteiger partial charge in [0.15, 0.2) is 5.11 Å². The van der Waals surface area contributed by atoms with Gasteiger partial charge in [0.05, 0.1) is 10.6 Å². The number of hydrogen-bond donors (Lipinski definition) is 2. The zero-order valence-electron chi connectivity index (χ0n) is 13.4. The molecule has 0 aliphatic heterocycles. The van der Waals surface area contributed by atoms with Crippen molar-refractivity contribution in [2.45, 2.75) is 11.9 Å². The molecule has 0 saturated heterocycles. The molecule has 0 aromatic heterocycles. The molecule has 0 fully saturated rings. The third-order valence-electron chi connectivity index (χ3n) is 3.22. The Hall–Kier alpha value is -1.15. The van der Waals surface area contributed by atoms with E-state index in [9.17, 15) is 13.2 Å². The first-order chi connectivity index (χ1) is 12.3. The van der Waals surface area contributed by atoms with Crippen molar-refractivity contribution in [3.05, 3.63) is 63.6 Å². The minimum absolute atomic E-state index is 0.228. The van der Waals surface area contributed by atoms with Crippen molar-refractivity contribution in [3.8, 4) is 0 Å². The summed E-state index contributed by atoms with van der Waals surface area (Å²) in [5, 5.41) is 6.30. The molecule has 2 aromatic rings. The van der Waals surface area contributed by atoms with Gasteiger partial charge in [0.1, 0.15) is 0 Å². The minimum Gasteiger partial charge on any atom is -0.362 e. The van der Waals surface area contributed by atoms with Crippen LogP contribution in [0, 0.1) is 0 Å². The summed E-state index contributed by atoms with van der Waals surface area (Å²) in [7, 11) is 0. The molecule has 9 heteroatoms. The molecule has 0 bridgehead atoms. The van der Waals surface area contributed by atoms with Gasteiger partial charge in [0.25, 0.3) is 0 Å². The molecule has 2 aromatic carbocycles. The highest BCUT2D eigenvalue weighted by Gasteiger charge is 2.33. The van der Waals surface area contributed by atoms with Gasteiger partial charge < -0.3 is 10.6 Å². The lowest BCUT2D eigenvalue weighted by molar-refractivity contribution is -0.137. The van der Waals surface area contributed by atoms with E-state index in [0.717, 1.165) is 23.1 Å². The molecule has 0 radical (unpaired) electrons. The van der Waals surface area contributed by atoms with Gasteiger partial charge in [0, 0.05) is 28.8 Å². The van der Waals surface area contributed by atoms with Crippen molar-refractivity contribution >= 4 is 58.0 Å². The Labute approximate surface area is 169 Å². The monoisotopic (exact) mass is 438 g/mol. The van der Waals surface area contributed by atoms with Gasteiger partial charge in [-0.05, 0) is 48.1 Å². The van der Waals surface area contributed by atoms with Crippen molar-refractivity contribution < 1.29 is 13.2 Å². The fraction of sp³-hybridized carbons (Fsp3) is 0.235. The topological polar surface area (TPSA) is 24.1 Å². The summed E-state index contributed by atoms with van der Waals surface area (Å²) in [4.78, 5) is 0. The van der Waals surface area contributed by atoms with Crippen LogP contribution in [-0.2, 0) is 11.9 Å². The highest BCUT2D eigenvalue weighted by atomic mass is 35.5. The number of thioether (sulfide) groups is 1. The smallest absolute Gasteiger partial charge is 0.362 e. The molecular weight excluding hydrogens is 424 g/mol. The second-order valence-corrected chi connectivity index (χ2v) is 7.61. The summed E-state index contributed by atoms with van der Waals surface area (Å²) >= 11 is 18.3. The van der Waals surface area contributed by atoms with Crippen molar-refractivity contribution in [2.24, 2.45) is 0 Å². The van der Waals surface area contributed by atoms with E-state index in [4.69, 9.17) is 35.4 Å². The molecule has 0 saturated carbocycles. The van der Waals surface area contributed by atoms with Crippen molar-refractivity contribution in [3.63, 3.8) is 0 Å². The second kappa shape index (κ2) is 9.69. The summed E-state index contributed by atoms with van der Waals surface area (Å²) < 4.78 is 38.5. The minimum atomic E-state index is -4.51. The molecule has 2 N–H and O–H groups in total. The van der Waals surface area contributed by atoms with Crippen molar-refractivity contribution in [1.29, 1.82) is 0 Å². The third-order valence-corrected chi connectivity index (χ3v) is 5.06. The molecule has 26 heavy (non-hydrogen) atoms. The lowest BCUT2D eigenvalue weighted by atomic mass is 10.2. The largest absolute Gasteiger partial charge is 0.417 e. The first-order valence-corrected chi connectivity index (χ1v) is 9.81. The second-order valence-electron chi connectivity index (χ2n) is 5.26. The van der Waals surface area contributed by atoms with Crippen LogP contribution in [0.1, 0.15) is 11.1 Å². The molecule has 0 unspecified atom stereocenters. The van der Waals surface area contributed by atoms with E-state index in [1.165, 1.54) is 12.1 Å². The van der Waals surface area contributed by atoms with E-state index in [0.29, 0.717) is 11.6 Å². The Balaban J connectivity index is 1.75. The Morgan fingerprint density at radius 2 is 1.88 bits per heavy atom. The lowest BCUT2D eigenvalue weighted by Gasteiger charge is -2.14. The van der Waals surface area contributed by atoms with Crippen LogP contribution in [0.15, 0.2) is 42.5 Å². The molecule has 0 heterocycles. The number of anilines is 1. The van der Waals surface area contributed by atoms with E-state index < -0.39 is 11.7 Å². The highest BCUT2D eigenvalue weighted by Crippen LogP contribution is 2.36. The molecule has 140 valence electrons. The van der Waals surface area contributed by atoms with Crippen LogP contribution in [0.5, 0.6) is 0 Å². The summed E-state index contributed by atoms with van der Waals surface area (Å²) in [6, 6.07) is 11.2. The number of rotatable bonds is 6. The van der Waals surface area contributed by atoms with Crippen LogP contribution in [-0.4, -0.2) is 17.4 Å². The number of halogens is 5. The summed E-state index contributed by atoms with van der Waals surface area (Å²) in [6.07, 6.45) is -4.51. The van der Waals surface area contributed by atoms with Crippen molar-refractivity contribution in [1.82, 2.24) is 5.32 Å². The number of benzene rings is 2.